The maximum Gasteiger partial charge on any atom is 0.257 e. The highest BCUT2D eigenvalue weighted by molar-refractivity contribution is 5.99. The lowest BCUT2D eigenvalue weighted by molar-refractivity contribution is 0.0784. The third-order valence-corrected chi connectivity index (χ3v) is 4.14. The number of amides is 1. The van der Waals surface area contributed by atoms with Gasteiger partial charge in [-0.1, -0.05) is 32.9 Å². The molecule has 0 atom stereocenters. The van der Waals surface area contributed by atoms with Crippen molar-refractivity contribution in [3.05, 3.63) is 59.3 Å². The van der Waals surface area contributed by atoms with E-state index in [4.69, 9.17) is 0 Å². The summed E-state index contributed by atoms with van der Waals surface area (Å²) in [5.41, 5.74) is 3.20. The number of aromatic nitrogens is 4. The van der Waals surface area contributed by atoms with Gasteiger partial charge in [0.25, 0.3) is 5.91 Å². The third kappa shape index (κ3) is 3.66. The van der Waals surface area contributed by atoms with Gasteiger partial charge >= 0.3 is 0 Å². The van der Waals surface area contributed by atoms with Crippen molar-refractivity contribution in [3.8, 4) is 11.3 Å². The molecule has 0 bridgehead atoms. The van der Waals surface area contributed by atoms with Crippen LogP contribution in [0.25, 0.3) is 11.3 Å². The van der Waals surface area contributed by atoms with Gasteiger partial charge in [0.2, 0.25) is 0 Å². The average Bonchev–Trinajstić information content (AvgIpc) is 3.22. The normalized spacial score (nSPS) is 11.6. The molecule has 26 heavy (non-hydrogen) atoms. The van der Waals surface area contributed by atoms with Crippen molar-refractivity contribution in [1.29, 1.82) is 0 Å². The van der Waals surface area contributed by atoms with Crippen LogP contribution in [0.4, 0.5) is 4.39 Å². The number of H-pyrrole nitrogens is 2. The van der Waals surface area contributed by atoms with Gasteiger partial charge < -0.3 is 4.90 Å². The van der Waals surface area contributed by atoms with Gasteiger partial charge in [-0.15, -0.1) is 0 Å². The van der Waals surface area contributed by atoms with E-state index in [-0.39, 0.29) is 17.1 Å². The van der Waals surface area contributed by atoms with E-state index in [2.05, 4.69) is 41.2 Å². The van der Waals surface area contributed by atoms with E-state index in [9.17, 15) is 9.18 Å². The third-order valence-electron chi connectivity index (χ3n) is 4.14. The molecular formula is C19H22FN5O. The van der Waals surface area contributed by atoms with Crippen LogP contribution in [0.5, 0.6) is 0 Å². The second-order valence-corrected chi connectivity index (χ2v) is 7.36. The molecule has 0 unspecified atom stereocenters. The number of halogens is 1. The van der Waals surface area contributed by atoms with Crippen LogP contribution in [0.15, 0.2) is 36.5 Å². The molecule has 0 aliphatic carbocycles. The average molecular weight is 355 g/mol. The maximum atomic E-state index is 13.5. The molecule has 0 spiro atoms. The fraction of sp³-hybridized carbons (Fsp3) is 0.316. The Hall–Kier alpha value is -2.96. The van der Waals surface area contributed by atoms with Crippen molar-refractivity contribution in [2.75, 3.05) is 7.05 Å². The van der Waals surface area contributed by atoms with Crippen LogP contribution in [0.2, 0.25) is 0 Å². The Balaban J connectivity index is 1.80. The number of hydrogen-bond acceptors (Lipinski definition) is 3. The summed E-state index contributed by atoms with van der Waals surface area (Å²) in [4.78, 5) is 14.4. The Bertz CT molecular complexity index is 922. The van der Waals surface area contributed by atoms with Crippen LogP contribution < -0.4 is 0 Å². The summed E-state index contributed by atoms with van der Waals surface area (Å²) < 4.78 is 13.5. The Labute approximate surface area is 151 Å². The second kappa shape index (κ2) is 6.74. The van der Waals surface area contributed by atoms with Crippen LogP contribution in [-0.4, -0.2) is 38.2 Å². The number of hydrogen-bond donors (Lipinski definition) is 2. The molecule has 2 N–H and O–H groups in total. The van der Waals surface area contributed by atoms with E-state index in [0.29, 0.717) is 23.4 Å². The summed E-state index contributed by atoms with van der Waals surface area (Å²) in [6.45, 7) is 6.63. The predicted octanol–water partition coefficient (Wildman–Crippen LogP) is 3.51. The monoisotopic (exact) mass is 355 g/mol. The standard InChI is InChI=1S/C19H22FN5O/c1-19(2,3)16-9-14(22-23-16)11-25(4)18(26)15-10-21-24-17(15)12-6-5-7-13(20)8-12/h5-10H,11H2,1-4H3,(H,21,24)(H,22,23). The van der Waals surface area contributed by atoms with Crippen molar-refractivity contribution < 1.29 is 9.18 Å². The molecule has 0 aliphatic rings. The fourth-order valence-corrected chi connectivity index (χ4v) is 2.67. The zero-order valence-corrected chi connectivity index (χ0v) is 15.3. The molecule has 0 saturated heterocycles. The summed E-state index contributed by atoms with van der Waals surface area (Å²) in [6.07, 6.45) is 1.46. The molecule has 3 aromatic rings. The van der Waals surface area contributed by atoms with Crippen molar-refractivity contribution in [2.45, 2.75) is 32.7 Å². The lowest BCUT2D eigenvalue weighted by atomic mass is 9.92. The molecule has 0 saturated carbocycles. The molecule has 1 amide bonds. The van der Waals surface area contributed by atoms with Crippen LogP contribution in [0.3, 0.4) is 0 Å². The lowest BCUT2D eigenvalue weighted by Gasteiger charge is -2.16. The number of benzene rings is 1. The number of aromatic amines is 2. The largest absolute Gasteiger partial charge is 0.336 e. The Morgan fingerprint density at radius 1 is 1.23 bits per heavy atom. The zero-order valence-electron chi connectivity index (χ0n) is 15.3. The van der Waals surface area contributed by atoms with Crippen LogP contribution >= 0.6 is 0 Å². The van der Waals surface area contributed by atoms with E-state index in [1.165, 1.54) is 18.3 Å². The van der Waals surface area contributed by atoms with Crippen molar-refractivity contribution >= 4 is 5.91 Å². The van der Waals surface area contributed by atoms with Gasteiger partial charge in [0.15, 0.2) is 0 Å². The van der Waals surface area contributed by atoms with Crippen LogP contribution in [0, 0.1) is 5.82 Å². The first-order valence-corrected chi connectivity index (χ1v) is 8.35. The molecular weight excluding hydrogens is 333 g/mol. The molecule has 7 heteroatoms. The van der Waals surface area contributed by atoms with Gasteiger partial charge in [-0.25, -0.2) is 4.39 Å². The quantitative estimate of drug-likeness (QED) is 0.752. The van der Waals surface area contributed by atoms with Gasteiger partial charge in [-0.05, 0) is 18.2 Å². The molecule has 3 rings (SSSR count). The predicted molar refractivity (Wildman–Crippen MR) is 97.1 cm³/mol. The topological polar surface area (TPSA) is 77.7 Å². The fourth-order valence-electron chi connectivity index (χ4n) is 2.67. The molecule has 2 aromatic heterocycles. The van der Waals surface area contributed by atoms with E-state index in [0.717, 1.165) is 11.4 Å². The number of nitrogens with zero attached hydrogens (tertiary/aromatic N) is 3. The smallest absolute Gasteiger partial charge is 0.257 e. The second-order valence-electron chi connectivity index (χ2n) is 7.36. The molecule has 2 heterocycles. The first kappa shape index (κ1) is 17.8. The lowest BCUT2D eigenvalue weighted by Crippen LogP contribution is -2.26. The minimum absolute atomic E-state index is 0.0631. The molecule has 0 fully saturated rings. The molecule has 6 nitrogen and oxygen atoms in total. The Morgan fingerprint density at radius 3 is 2.65 bits per heavy atom. The van der Waals surface area contributed by atoms with Crippen LogP contribution in [-0.2, 0) is 12.0 Å². The first-order valence-electron chi connectivity index (χ1n) is 8.35. The minimum atomic E-state index is -0.365. The highest BCUT2D eigenvalue weighted by Crippen LogP contribution is 2.24. The zero-order chi connectivity index (χ0) is 18.9. The van der Waals surface area contributed by atoms with Gasteiger partial charge in [-0.3, -0.25) is 15.0 Å². The SMILES string of the molecule is CN(Cc1cc(C(C)(C)C)n[nH]1)C(=O)c1cn[nH]c1-c1cccc(F)c1. The Kier molecular flexibility index (Phi) is 4.63. The van der Waals surface area contributed by atoms with E-state index in [1.807, 2.05) is 6.07 Å². The van der Waals surface area contributed by atoms with Gasteiger partial charge in [0.1, 0.15) is 5.82 Å². The minimum Gasteiger partial charge on any atom is -0.336 e. The van der Waals surface area contributed by atoms with Crippen LogP contribution in [0.1, 0.15) is 42.5 Å². The van der Waals surface area contributed by atoms with E-state index in [1.54, 1.807) is 24.1 Å². The number of rotatable bonds is 4. The highest BCUT2D eigenvalue weighted by Gasteiger charge is 2.21. The summed E-state index contributed by atoms with van der Waals surface area (Å²) in [6, 6.07) is 8.03. The van der Waals surface area contributed by atoms with Crippen molar-refractivity contribution in [3.63, 3.8) is 0 Å². The van der Waals surface area contributed by atoms with E-state index >= 15 is 0 Å². The summed E-state index contributed by atoms with van der Waals surface area (Å²) >= 11 is 0. The summed E-state index contributed by atoms with van der Waals surface area (Å²) in [7, 11) is 1.71. The van der Waals surface area contributed by atoms with Crippen molar-refractivity contribution in [1.82, 2.24) is 25.3 Å². The number of carbonyl (C=O) groups excluding carboxylic acids is 1. The molecule has 0 radical (unpaired) electrons. The summed E-state index contributed by atoms with van der Waals surface area (Å²) in [5.74, 6) is -0.569. The molecule has 136 valence electrons. The maximum absolute atomic E-state index is 13.5. The van der Waals surface area contributed by atoms with E-state index < -0.39 is 0 Å². The van der Waals surface area contributed by atoms with Gasteiger partial charge in [0, 0.05) is 18.0 Å². The highest BCUT2D eigenvalue weighted by atomic mass is 19.1. The molecule has 1 aromatic carbocycles. The van der Waals surface area contributed by atoms with Gasteiger partial charge in [-0.2, -0.15) is 10.2 Å². The van der Waals surface area contributed by atoms with Gasteiger partial charge in [0.05, 0.1) is 35.4 Å². The molecule has 0 aliphatic heterocycles. The number of nitrogens with one attached hydrogen (secondary N) is 2. The Morgan fingerprint density at radius 2 is 2.00 bits per heavy atom. The first-order chi connectivity index (χ1) is 12.3. The summed E-state index contributed by atoms with van der Waals surface area (Å²) in [5, 5.41) is 14.0. The van der Waals surface area contributed by atoms with Crippen molar-refractivity contribution in [2.24, 2.45) is 0 Å². The number of carbonyl (C=O) groups is 1.